The van der Waals surface area contributed by atoms with Gasteiger partial charge in [-0.3, -0.25) is 4.79 Å². The highest BCUT2D eigenvalue weighted by Crippen LogP contribution is 2.17. The largest absolute Gasteiger partial charge is 0.469 e. The zero-order valence-electron chi connectivity index (χ0n) is 7.43. The van der Waals surface area contributed by atoms with E-state index in [1.54, 1.807) is 12.4 Å². The minimum absolute atomic E-state index is 0.180. The number of aromatic nitrogens is 3. The van der Waals surface area contributed by atoms with Gasteiger partial charge >= 0.3 is 5.97 Å². The molecule has 0 saturated heterocycles. The Labute approximate surface area is 83.8 Å². The van der Waals surface area contributed by atoms with E-state index in [2.05, 4.69) is 19.7 Å². The van der Waals surface area contributed by atoms with Gasteiger partial charge in [0.2, 0.25) is 0 Å². The summed E-state index contributed by atoms with van der Waals surface area (Å²) in [6.07, 6.45) is 3.35. The average molecular weight is 209 g/mol. The van der Waals surface area contributed by atoms with Crippen LogP contribution in [0.15, 0.2) is 12.4 Å². The van der Waals surface area contributed by atoms with E-state index in [1.807, 2.05) is 0 Å². The summed E-state index contributed by atoms with van der Waals surface area (Å²) in [4.78, 5) is 23.9. The standard InChI is InChI=1S/C8H7N3O2S/c1-13-6(12)4-5-11-7-8(14-5)10-3-2-9-7/h2-3H,4H2,1H3. The van der Waals surface area contributed by atoms with Gasteiger partial charge in [-0.15, -0.1) is 0 Å². The molecule has 0 radical (unpaired) electrons. The molecule has 5 nitrogen and oxygen atoms in total. The van der Waals surface area contributed by atoms with Crippen LogP contribution in [-0.2, 0) is 16.0 Å². The van der Waals surface area contributed by atoms with Crippen LogP contribution in [0.5, 0.6) is 0 Å². The summed E-state index contributed by atoms with van der Waals surface area (Å²) < 4.78 is 4.54. The number of methoxy groups -OCH3 is 1. The van der Waals surface area contributed by atoms with E-state index < -0.39 is 0 Å². The molecule has 0 saturated carbocycles. The van der Waals surface area contributed by atoms with E-state index in [0.717, 1.165) is 4.83 Å². The molecule has 0 atom stereocenters. The summed E-state index contributed by atoms with van der Waals surface area (Å²) in [6, 6.07) is 0. The molecule has 0 aliphatic heterocycles. The zero-order valence-corrected chi connectivity index (χ0v) is 8.24. The third kappa shape index (κ3) is 1.69. The summed E-state index contributed by atoms with van der Waals surface area (Å²) in [5.74, 6) is -0.302. The van der Waals surface area contributed by atoms with Crippen molar-refractivity contribution in [3.05, 3.63) is 17.4 Å². The van der Waals surface area contributed by atoms with Crippen LogP contribution in [0.2, 0.25) is 0 Å². The fraction of sp³-hybridized carbons (Fsp3) is 0.250. The van der Waals surface area contributed by atoms with Gasteiger partial charge in [0.15, 0.2) is 10.5 Å². The first kappa shape index (κ1) is 9.01. The molecule has 0 N–H and O–H groups in total. The molecule has 0 unspecified atom stereocenters. The van der Waals surface area contributed by atoms with Gasteiger partial charge < -0.3 is 4.74 Å². The Balaban J connectivity index is 2.31. The van der Waals surface area contributed by atoms with Crippen molar-refractivity contribution in [1.82, 2.24) is 15.0 Å². The first-order chi connectivity index (χ1) is 6.79. The van der Waals surface area contributed by atoms with Gasteiger partial charge in [0.1, 0.15) is 5.01 Å². The topological polar surface area (TPSA) is 65.0 Å². The molecule has 14 heavy (non-hydrogen) atoms. The lowest BCUT2D eigenvalue weighted by atomic mass is 10.5. The summed E-state index contributed by atoms with van der Waals surface area (Å²) in [7, 11) is 1.35. The van der Waals surface area contributed by atoms with Crippen molar-refractivity contribution >= 4 is 27.8 Å². The van der Waals surface area contributed by atoms with Crippen molar-refractivity contribution in [2.24, 2.45) is 0 Å². The Morgan fingerprint density at radius 2 is 2.29 bits per heavy atom. The van der Waals surface area contributed by atoms with Crippen molar-refractivity contribution < 1.29 is 9.53 Å². The highest BCUT2D eigenvalue weighted by Gasteiger charge is 2.09. The van der Waals surface area contributed by atoms with Crippen LogP contribution in [0.25, 0.3) is 10.5 Å². The third-order valence-corrected chi connectivity index (χ3v) is 2.57. The number of hydrogen-bond donors (Lipinski definition) is 0. The first-order valence-electron chi connectivity index (χ1n) is 3.93. The molecule has 0 fully saturated rings. The SMILES string of the molecule is COC(=O)Cc1nc2nccnc2s1. The number of esters is 1. The summed E-state index contributed by atoms with van der Waals surface area (Å²) in [5.41, 5.74) is 0.580. The number of ether oxygens (including phenoxy) is 1. The molecule has 0 bridgehead atoms. The van der Waals surface area contributed by atoms with Gasteiger partial charge in [-0.05, 0) is 0 Å². The maximum atomic E-state index is 11.0. The monoisotopic (exact) mass is 209 g/mol. The smallest absolute Gasteiger partial charge is 0.312 e. The van der Waals surface area contributed by atoms with Crippen LogP contribution in [0.1, 0.15) is 5.01 Å². The summed E-state index contributed by atoms with van der Waals surface area (Å²) in [6.45, 7) is 0. The molecule has 2 rings (SSSR count). The van der Waals surface area contributed by atoms with Crippen LogP contribution in [-0.4, -0.2) is 28.0 Å². The van der Waals surface area contributed by atoms with E-state index in [-0.39, 0.29) is 12.4 Å². The first-order valence-corrected chi connectivity index (χ1v) is 4.74. The van der Waals surface area contributed by atoms with Crippen molar-refractivity contribution in [3.63, 3.8) is 0 Å². The van der Waals surface area contributed by atoms with Gasteiger partial charge in [-0.2, -0.15) is 0 Å². The second kappa shape index (κ2) is 3.67. The minimum atomic E-state index is -0.302. The molecule has 2 aromatic heterocycles. The molecule has 0 aliphatic rings. The number of carbonyl (C=O) groups excluding carboxylic acids is 1. The molecule has 72 valence electrons. The van der Waals surface area contributed by atoms with Crippen molar-refractivity contribution in [3.8, 4) is 0 Å². The number of fused-ring (bicyclic) bond motifs is 1. The lowest BCUT2D eigenvalue weighted by molar-refractivity contribution is -0.139. The van der Waals surface area contributed by atoms with Gasteiger partial charge in [0.25, 0.3) is 0 Å². The lowest BCUT2D eigenvalue weighted by Gasteiger charge is -1.92. The normalized spacial score (nSPS) is 10.4. The molecular formula is C8H7N3O2S. The van der Waals surface area contributed by atoms with E-state index in [0.29, 0.717) is 10.7 Å². The Kier molecular flexibility index (Phi) is 2.36. The van der Waals surface area contributed by atoms with Gasteiger partial charge in [0, 0.05) is 12.4 Å². The van der Waals surface area contributed by atoms with Crippen LogP contribution < -0.4 is 0 Å². The highest BCUT2D eigenvalue weighted by molar-refractivity contribution is 7.18. The third-order valence-electron chi connectivity index (χ3n) is 1.61. The van der Waals surface area contributed by atoms with E-state index in [9.17, 15) is 4.79 Å². The maximum Gasteiger partial charge on any atom is 0.312 e. The number of rotatable bonds is 2. The number of carbonyl (C=O) groups is 1. The molecule has 6 heteroatoms. The molecular weight excluding hydrogens is 202 g/mol. The Hall–Kier alpha value is -1.56. The average Bonchev–Trinajstić information content (AvgIpc) is 2.59. The quantitative estimate of drug-likeness (QED) is 0.684. The maximum absolute atomic E-state index is 11.0. The Bertz CT molecular complexity index is 435. The highest BCUT2D eigenvalue weighted by atomic mass is 32.1. The van der Waals surface area contributed by atoms with Crippen molar-refractivity contribution in [2.75, 3.05) is 7.11 Å². The number of hydrogen-bond acceptors (Lipinski definition) is 6. The van der Waals surface area contributed by atoms with E-state index in [4.69, 9.17) is 0 Å². The fourth-order valence-electron chi connectivity index (χ4n) is 0.990. The van der Waals surface area contributed by atoms with Crippen LogP contribution in [0, 0.1) is 0 Å². The molecule has 0 amide bonds. The summed E-state index contributed by atoms with van der Waals surface area (Å²) >= 11 is 1.36. The minimum Gasteiger partial charge on any atom is -0.469 e. The van der Waals surface area contributed by atoms with Crippen LogP contribution >= 0.6 is 11.3 Å². The lowest BCUT2D eigenvalue weighted by Crippen LogP contribution is -2.03. The second-order valence-electron chi connectivity index (χ2n) is 2.55. The molecule has 2 heterocycles. The van der Waals surface area contributed by atoms with Crippen molar-refractivity contribution in [2.45, 2.75) is 6.42 Å². The molecule has 0 aromatic carbocycles. The van der Waals surface area contributed by atoms with Gasteiger partial charge in [0.05, 0.1) is 13.5 Å². The predicted molar refractivity (Wildman–Crippen MR) is 50.9 cm³/mol. The molecule has 0 aliphatic carbocycles. The Morgan fingerprint density at radius 3 is 3.00 bits per heavy atom. The Morgan fingerprint density at radius 1 is 1.50 bits per heavy atom. The zero-order chi connectivity index (χ0) is 9.97. The number of nitrogens with zero attached hydrogens (tertiary/aromatic N) is 3. The van der Waals surface area contributed by atoms with Gasteiger partial charge in [-0.1, -0.05) is 11.3 Å². The predicted octanol–water partition coefficient (Wildman–Crippen LogP) is 0.802. The summed E-state index contributed by atoms with van der Waals surface area (Å²) in [5, 5.41) is 0.679. The molecule has 0 spiro atoms. The second-order valence-corrected chi connectivity index (χ2v) is 3.61. The van der Waals surface area contributed by atoms with Crippen molar-refractivity contribution in [1.29, 1.82) is 0 Å². The fourth-order valence-corrected chi connectivity index (χ4v) is 1.84. The van der Waals surface area contributed by atoms with Gasteiger partial charge in [-0.25, -0.2) is 15.0 Å². The number of thiazole rings is 1. The van der Waals surface area contributed by atoms with E-state index in [1.165, 1.54) is 18.4 Å². The molecule has 2 aromatic rings. The van der Waals surface area contributed by atoms with Crippen LogP contribution in [0.4, 0.5) is 0 Å². The van der Waals surface area contributed by atoms with Crippen LogP contribution in [0.3, 0.4) is 0 Å². The van der Waals surface area contributed by atoms with E-state index >= 15 is 0 Å².